The van der Waals surface area contributed by atoms with E-state index in [-0.39, 0.29) is 47.4 Å². The van der Waals surface area contributed by atoms with Gasteiger partial charge in [0.2, 0.25) is 23.6 Å². The van der Waals surface area contributed by atoms with Crippen molar-refractivity contribution in [2.24, 2.45) is 7.05 Å². The second-order valence-electron chi connectivity index (χ2n) is 15.5. The predicted octanol–water partition coefficient (Wildman–Crippen LogP) is 5.93. The first-order valence-electron chi connectivity index (χ1n) is 19.9. The molecular formula is C45H40Cl2FN7O6. The van der Waals surface area contributed by atoms with Crippen molar-refractivity contribution >= 4 is 75.1 Å². The minimum atomic E-state index is -1.15. The van der Waals surface area contributed by atoms with Crippen molar-refractivity contribution in [3.63, 3.8) is 0 Å². The number of imide groups is 1. The van der Waals surface area contributed by atoms with E-state index in [2.05, 4.69) is 38.4 Å². The van der Waals surface area contributed by atoms with Crippen LogP contribution in [-0.4, -0.2) is 56.8 Å². The number of piperidine rings is 1. The van der Waals surface area contributed by atoms with Gasteiger partial charge in [-0.3, -0.25) is 43.7 Å². The second-order valence-corrected chi connectivity index (χ2v) is 16.3. The molecule has 8 rings (SSSR count). The van der Waals surface area contributed by atoms with E-state index in [4.69, 9.17) is 23.2 Å². The first-order valence-corrected chi connectivity index (χ1v) is 20.6. The van der Waals surface area contributed by atoms with Gasteiger partial charge in [0.1, 0.15) is 11.9 Å². The standard InChI is InChI=1S/C45H40Cl2FN7O6/c1-54-39-25(8-5-12-33(39)55(44(54)61)34-19-20-35(56)52-41(34)58)9-7-23-49-40(57)26-13-16-28(17-14-26)50-42(59)38-36(30-10-6-11-31(47)37(30)48)29-18-15-27(46)24-32(29)51-43(60)45(53-38)21-3-2-4-22-45/h5-6,8,10-18,24,34,36,38,53H,2-4,19-23H2,1H3,(H,49,57)(H,50,59)(H,51,60)(H,52,56,58)/t34?,36?,38-/m1/s1. The number of anilines is 2. The van der Waals surface area contributed by atoms with Crippen molar-refractivity contribution in [1.82, 2.24) is 25.1 Å². The third-order valence-corrected chi connectivity index (χ3v) is 12.2. The quantitative estimate of drug-likeness (QED) is 0.104. The van der Waals surface area contributed by atoms with Crippen molar-refractivity contribution < 1.29 is 28.4 Å². The summed E-state index contributed by atoms with van der Waals surface area (Å²) in [5, 5.41) is 14.7. The summed E-state index contributed by atoms with van der Waals surface area (Å²) in [6.07, 6.45) is 3.68. The third-order valence-electron chi connectivity index (χ3n) is 11.7. The Kier molecular flexibility index (Phi) is 11.6. The molecule has 2 fully saturated rings. The van der Waals surface area contributed by atoms with Gasteiger partial charge < -0.3 is 16.0 Å². The van der Waals surface area contributed by atoms with Crippen molar-refractivity contribution in [3.8, 4) is 11.8 Å². The van der Waals surface area contributed by atoms with Crippen LogP contribution < -0.4 is 32.3 Å². The number of nitrogens with zero attached hydrogens (tertiary/aromatic N) is 2. The Balaban J connectivity index is 1.01. The molecule has 1 aromatic heterocycles. The van der Waals surface area contributed by atoms with E-state index in [9.17, 15) is 28.8 Å². The number of nitrogens with one attached hydrogen (secondary N) is 5. The lowest BCUT2D eigenvalue weighted by Gasteiger charge is -2.43. The van der Waals surface area contributed by atoms with Crippen LogP contribution in [0.15, 0.2) is 83.7 Å². The summed E-state index contributed by atoms with van der Waals surface area (Å²) in [5.74, 6) is 2.13. The highest BCUT2D eigenvalue weighted by molar-refractivity contribution is 6.31. The second kappa shape index (κ2) is 17.0. The molecule has 61 heavy (non-hydrogen) atoms. The van der Waals surface area contributed by atoms with E-state index in [1.165, 1.54) is 15.2 Å². The minimum absolute atomic E-state index is 0.0354. The maximum atomic E-state index is 16.0. The number of halogens is 3. The SMILES string of the molecule is Cn1c(=O)n(C2CCC(=O)NC2=O)c2cccc(C#CCNC(=O)c3ccc(NC(=O)[C@@H]4NC5(CCCCC5)C(=O)Nc5cc(Cl)ccc5C4c4cccc(Cl)c4F)cc3)c21. The zero-order chi connectivity index (χ0) is 43.0. The molecule has 13 nitrogen and oxygen atoms in total. The number of imidazole rings is 1. The fourth-order valence-corrected chi connectivity index (χ4v) is 9.04. The van der Waals surface area contributed by atoms with Crippen LogP contribution in [0.4, 0.5) is 15.8 Å². The van der Waals surface area contributed by atoms with Gasteiger partial charge in [0.05, 0.1) is 39.7 Å². The minimum Gasteiger partial charge on any atom is -0.341 e. The molecule has 0 radical (unpaired) electrons. The zero-order valence-electron chi connectivity index (χ0n) is 32.9. The monoisotopic (exact) mass is 863 g/mol. The Morgan fingerprint density at radius 3 is 2.43 bits per heavy atom. The molecule has 4 aromatic carbocycles. The van der Waals surface area contributed by atoms with Crippen LogP contribution in [0.5, 0.6) is 0 Å². The van der Waals surface area contributed by atoms with Gasteiger partial charge in [-0.05, 0) is 85.0 Å². The van der Waals surface area contributed by atoms with E-state index in [1.54, 1.807) is 79.8 Å². The van der Waals surface area contributed by atoms with Gasteiger partial charge in [0.15, 0.2) is 0 Å². The van der Waals surface area contributed by atoms with E-state index < -0.39 is 52.8 Å². The number of para-hydroxylation sites is 1. The molecule has 2 aliphatic heterocycles. The Morgan fingerprint density at radius 2 is 1.67 bits per heavy atom. The first-order chi connectivity index (χ1) is 29.3. The van der Waals surface area contributed by atoms with Gasteiger partial charge in [-0.15, -0.1) is 0 Å². The largest absolute Gasteiger partial charge is 0.341 e. The molecule has 1 aliphatic carbocycles. The molecule has 5 aromatic rings. The summed E-state index contributed by atoms with van der Waals surface area (Å²) in [5.41, 5.74) is 1.63. The van der Waals surface area contributed by atoms with Crippen molar-refractivity contribution in [2.45, 2.75) is 68.5 Å². The average Bonchev–Trinajstić information content (AvgIpc) is 3.50. The number of hydrogen-bond donors (Lipinski definition) is 5. The summed E-state index contributed by atoms with van der Waals surface area (Å²) in [6.45, 7) is -0.0354. The van der Waals surface area contributed by atoms with Crippen LogP contribution in [-0.2, 0) is 26.2 Å². The van der Waals surface area contributed by atoms with Crippen molar-refractivity contribution in [3.05, 3.63) is 127 Å². The predicted molar refractivity (Wildman–Crippen MR) is 229 cm³/mol. The molecule has 5 N–H and O–H groups in total. The lowest BCUT2D eigenvalue weighted by Crippen LogP contribution is -2.63. The van der Waals surface area contributed by atoms with Gasteiger partial charge in [0, 0.05) is 41.3 Å². The van der Waals surface area contributed by atoms with E-state index in [1.807, 2.05) is 0 Å². The lowest BCUT2D eigenvalue weighted by atomic mass is 9.75. The van der Waals surface area contributed by atoms with Crippen molar-refractivity contribution in [1.29, 1.82) is 0 Å². The molecule has 0 bridgehead atoms. The van der Waals surface area contributed by atoms with Crippen LogP contribution in [0.25, 0.3) is 11.0 Å². The highest BCUT2D eigenvalue weighted by atomic mass is 35.5. The zero-order valence-corrected chi connectivity index (χ0v) is 34.4. The molecule has 3 heterocycles. The summed E-state index contributed by atoms with van der Waals surface area (Å²) in [4.78, 5) is 79.3. The average molecular weight is 865 g/mol. The molecule has 312 valence electrons. The number of hydrogen-bond acceptors (Lipinski definition) is 7. The van der Waals surface area contributed by atoms with Crippen LogP contribution in [0, 0.1) is 17.7 Å². The van der Waals surface area contributed by atoms with Gasteiger partial charge in [-0.25, -0.2) is 9.18 Å². The number of aryl methyl sites for hydroxylation is 1. The van der Waals surface area contributed by atoms with Gasteiger partial charge in [0.25, 0.3) is 5.91 Å². The molecule has 16 heteroatoms. The Labute approximate surface area is 359 Å². The maximum absolute atomic E-state index is 16.0. The molecule has 5 amide bonds. The van der Waals surface area contributed by atoms with Gasteiger partial charge in [-0.2, -0.15) is 0 Å². The number of amides is 5. The fourth-order valence-electron chi connectivity index (χ4n) is 8.69. The molecule has 1 spiro atoms. The molecule has 1 saturated heterocycles. The van der Waals surface area contributed by atoms with E-state index in [0.29, 0.717) is 51.4 Å². The molecule has 3 atom stereocenters. The number of benzene rings is 4. The van der Waals surface area contributed by atoms with Gasteiger partial charge in [-0.1, -0.05) is 78.6 Å². The summed E-state index contributed by atoms with van der Waals surface area (Å²) >= 11 is 12.7. The molecular weight excluding hydrogens is 824 g/mol. The van der Waals surface area contributed by atoms with Crippen molar-refractivity contribution in [2.75, 3.05) is 17.2 Å². The Hall–Kier alpha value is -6.27. The highest BCUT2D eigenvalue weighted by Crippen LogP contribution is 2.42. The van der Waals surface area contributed by atoms with Crippen LogP contribution in [0.1, 0.15) is 84.0 Å². The highest BCUT2D eigenvalue weighted by Gasteiger charge is 2.48. The van der Waals surface area contributed by atoms with E-state index in [0.717, 1.165) is 19.3 Å². The smallest absolute Gasteiger partial charge is 0.329 e. The van der Waals surface area contributed by atoms with Gasteiger partial charge >= 0.3 is 5.69 Å². The molecule has 3 aliphatic rings. The lowest BCUT2D eigenvalue weighted by molar-refractivity contribution is -0.135. The number of rotatable bonds is 6. The third kappa shape index (κ3) is 8.04. The number of aromatic nitrogens is 2. The summed E-state index contributed by atoms with van der Waals surface area (Å²) in [7, 11) is 1.58. The summed E-state index contributed by atoms with van der Waals surface area (Å²) < 4.78 is 18.8. The van der Waals surface area contributed by atoms with Crippen LogP contribution in [0.2, 0.25) is 10.0 Å². The molecule has 2 unspecified atom stereocenters. The fraction of sp³-hybridized carbons (Fsp3) is 0.289. The first kappa shape index (κ1) is 41.5. The number of fused-ring (bicyclic) bond motifs is 2. The Morgan fingerprint density at radius 1 is 0.918 bits per heavy atom. The number of carbonyl (C=O) groups excluding carboxylic acids is 5. The Bertz CT molecular complexity index is 2750. The van der Waals surface area contributed by atoms with E-state index >= 15 is 4.39 Å². The summed E-state index contributed by atoms with van der Waals surface area (Å²) in [6, 6.07) is 18.9. The normalized spacial score (nSPS) is 19.7. The topological polar surface area (TPSA) is 172 Å². The molecule has 1 saturated carbocycles. The van der Waals surface area contributed by atoms with Crippen LogP contribution in [0.3, 0.4) is 0 Å². The maximum Gasteiger partial charge on any atom is 0.329 e. The van der Waals surface area contributed by atoms with Crippen LogP contribution >= 0.6 is 23.2 Å². The number of carbonyl (C=O) groups is 5.